The SMILES string of the molecule is CC(=O)N[C@@H]1[C@H](O[C@@H]2[C@@H](O[C@@H]3[C@H](O)[C@H](O[C@H]4[C@H](O)[C@@H](NC(C)=O)[C@H](O[C@H]5[C@H](O)[C@@H](NC(C)=O)[C@H](O)O[C@@H]5CO)O[C@@H]4CO)O[C@H](CO[C@H]4O[C@H](CO[C@@H]5O[C@H](CO)[C@@H](O)[C@H](O)[C@H]5NC(C)=O)[C@@H](O)[C@H](O)[C@@H]4O[C@@H]4O[C@H](CO)[C@@H](O)[C@H](O)[C@H]4NC(C)=O)[C@H]3O)O[C@H](CO)[C@@H](O[C@@H]3O[C@H](CO)[C@@H](O)[C@H](O[C@@H]4O[C@H](CO)[C@H](O)[C@H](O)[C@H]4O)[C@H]3NC(C)=O)[C@@H]2O)O[C@H](CO)[C@@H](O)[C@@H]1O. The zero-order chi connectivity index (χ0) is 95.1. The number of nitrogens with one attached hydrogen (secondary N) is 6. The lowest BCUT2D eigenvalue weighted by molar-refractivity contribution is -0.404. The van der Waals surface area contributed by atoms with Gasteiger partial charge in [0.25, 0.3) is 0 Å². The van der Waals surface area contributed by atoms with Crippen LogP contribution in [0, 0.1) is 0 Å². The second kappa shape index (κ2) is 46.7. The number of carbonyl (C=O) groups excluding carboxylic acids is 6. The van der Waals surface area contributed by atoms with Gasteiger partial charge in [-0.15, -0.1) is 0 Å². The Morgan fingerprint density at radius 3 is 0.899 bits per heavy atom. The number of carbonyl (C=O) groups is 6. The Balaban J connectivity index is 1.07. The molecule has 0 spiro atoms. The molecule has 0 bridgehead atoms. The molecule has 0 aliphatic carbocycles. The van der Waals surface area contributed by atoms with Gasteiger partial charge in [-0.1, -0.05) is 0 Å². The maximum Gasteiger partial charge on any atom is 0.217 e. The molecule has 10 heterocycles. The van der Waals surface area contributed by atoms with E-state index in [9.17, 15) is 162 Å². The maximum absolute atomic E-state index is 13.2. The van der Waals surface area contributed by atoms with Gasteiger partial charge in [0, 0.05) is 41.5 Å². The number of aliphatic hydroxyl groups is 26. The van der Waals surface area contributed by atoms with Crippen molar-refractivity contribution in [2.45, 2.75) is 348 Å². The van der Waals surface area contributed by atoms with Gasteiger partial charge in [-0.2, -0.15) is 0 Å². The highest BCUT2D eigenvalue weighted by atomic mass is 16.8. The standard InChI is InChI=1S/C72H120N6O51/c1-17(87)73-33-49(103)56(28(12-84)113-63(33)110)123-67-37(77-21(5)91)50(104)57(29(13-85)119-67)125-70-55(109)60(45(99)32(121-70)16-112-71-61(128-65-35(75-19(3)89)47(101)40(94)24(8-80)115-65)52(106)43(97)31(122-71)15-111-64-34(74-18(2)88)46(100)39(93)23(7-79)114-64)127-72-62(129-66-36(76-20(4)90)48(102)41(95)25(9-81)116-66)54(108)58(30(14-86)120-72)124-68-38(78-22(6)92)59(44(98)27(11-83)117-68)126-69-53(107)51(105)42(96)26(10-82)118-69/h23-72,79-86,93-110H,7-16H2,1-6H3,(H,73,87)(H,74,88)(H,75,89)(H,76,90)(H,77,91)(H,78,92)/t23-,24-,25-,26-,27-,28-,29-,30-,31-,32-,33-,34-,35-,36+,37-,38-,39-,40-,41-,42+,43-,44-,45-,46-,47-,48-,49-,50-,51+,52+,53-,54+,55+,56-,57-,58-,59-,60+,61+,62+,63-,64-,65+,66+,67+,68+,69+,70+,71+,72-/m1/s1. The molecule has 32 N–H and O–H groups in total. The van der Waals surface area contributed by atoms with Gasteiger partial charge >= 0.3 is 0 Å². The minimum absolute atomic E-state index is 0.819. The van der Waals surface area contributed by atoms with Crippen LogP contribution in [-0.4, -0.2) is 541 Å². The third kappa shape index (κ3) is 24.2. The Bertz CT molecular complexity index is 3570. The summed E-state index contributed by atoms with van der Waals surface area (Å²) in [7, 11) is 0. The average Bonchev–Trinajstić information content (AvgIpc) is 0.755. The van der Waals surface area contributed by atoms with Crippen LogP contribution < -0.4 is 31.9 Å². The van der Waals surface area contributed by atoms with Gasteiger partial charge in [-0.05, 0) is 0 Å². The van der Waals surface area contributed by atoms with E-state index in [0.717, 1.165) is 41.5 Å². The molecule has 0 saturated carbocycles. The number of hydrogen-bond acceptors (Lipinski definition) is 51. The molecule has 0 radical (unpaired) electrons. The van der Waals surface area contributed by atoms with Crippen LogP contribution in [0.4, 0.5) is 0 Å². The van der Waals surface area contributed by atoms with Crippen molar-refractivity contribution in [3.05, 3.63) is 0 Å². The first-order valence-electron chi connectivity index (χ1n) is 41.1. The van der Waals surface area contributed by atoms with E-state index in [1.54, 1.807) is 0 Å². The van der Waals surface area contributed by atoms with Crippen LogP contribution in [0.5, 0.6) is 0 Å². The van der Waals surface area contributed by atoms with Crippen LogP contribution in [0.15, 0.2) is 0 Å². The molecule has 0 unspecified atom stereocenters. The van der Waals surface area contributed by atoms with Crippen LogP contribution in [0.1, 0.15) is 41.5 Å². The lowest BCUT2D eigenvalue weighted by Gasteiger charge is -2.52. The summed E-state index contributed by atoms with van der Waals surface area (Å²) >= 11 is 0. The number of aliphatic hydroxyl groups excluding tert-OH is 26. The molecule has 57 nitrogen and oxygen atoms in total. The van der Waals surface area contributed by atoms with Crippen molar-refractivity contribution in [2.75, 3.05) is 66.1 Å². The highest BCUT2D eigenvalue weighted by molar-refractivity contribution is 5.75. The van der Waals surface area contributed by atoms with Gasteiger partial charge in [-0.25, -0.2) is 0 Å². The van der Waals surface area contributed by atoms with Crippen molar-refractivity contribution >= 4 is 35.4 Å². The molecule has 0 aromatic carbocycles. The van der Waals surface area contributed by atoms with Crippen molar-refractivity contribution in [1.82, 2.24) is 31.9 Å². The van der Waals surface area contributed by atoms with Crippen LogP contribution in [0.3, 0.4) is 0 Å². The minimum atomic E-state index is -2.72. The molecule has 50 atom stereocenters. The van der Waals surface area contributed by atoms with Crippen LogP contribution in [0.25, 0.3) is 0 Å². The Morgan fingerprint density at radius 1 is 0.202 bits per heavy atom. The number of ether oxygens (including phenoxy) is 19. The van der Waals surface area contributed by atoms with E-state index in [2.05, 4.69) is 31.9 Å². The monoisotopic (exact) mass is 1880 g/mol. The molecule has 0 aromatic rings. The molecule has 10 fully saturated rings. The normalized spacial score (nSPS) is 47.5. The first-order chi connectivity index (χ1) is 61.0. The van der Waals surface area contributed by atoms with Gasteiger partial charge in [0.1, 0.15) is 244 Å². The maximum atomic E-state index is 13.2. The van der Waals surface area contributed by atoms with E-state index < -0.39 is 408 Å². The molecular weight excluding hydrogens is 1760 g/mol. The molecule has 129 heavy (non-hydrogen) atoms. The fourth-order valence-corrected chi connectivity index (χ4v) is 16.6. The summed E-state index contributed by atoms with van der Waals surface area (Å²) < 4.78 is 115. The summed E-state index contributed by atoms with van der Waals surface area (Å²) in [6, 6.07) is -11.2. The van der Waals surface area contributed by atoms with Gasteiger partial charge in [0.2, 0.25) is 35.4 Å². The number of hydrogen-bond donors (Lipinski definition) is 32. The van der Waals surface area contributed by atoms with Gasteiger partial charge in [0.15, 0.2) is 62.9 Å². The van der Waals surface area contributed by atoms with Gasteiger partial charge in [0.05, 0.1) is 66.1 Å². The zero-order valence-electron chi connectivity index (χ0n) is 69.8. The molecule has 10 aliphatic heterocycles. The zero-order valence-corrected chi connectivity index (χ0v) is 69.8. The predicted octanol–water partition coefficient (Wildman–Crippen LogP) is -21.9. The minimum Gasteiger partial charge on any atom is -0.394 e. The van der Waals surface area contributed by atoms with E-state index >= 15 is 0 Å². The van der Waals surface area contributed by atoms with Gasteiger partial charge in [-0.3, -0.25) is 28.8 Å². The Hall–Kier alpha value is -4.98. The molecule has 57 heteroatoms. The second-order valence-corrected chi connectivity index (χ2v) is 32.5. The van der Waals surface area contributed by atoms with Crippen molar-refractivity contribution in [3.8, 4) is 0 Å². The molecule has 6 amide bonds. The van der Waals surface area contributed by atoms with Crippen LogP contribution >= 0.6 is 0 Å². The summed E-state index contributed by atoms with van der Waals surface area (Å²) in [6.45, 7) is -5.71. The fraction of sp³-hybridized carbons (Fsp3) is 0.917. The number of rotatable bonds is 34. The van der Waals surface area contributed by atoms with Crippen molar-refractivity contribution in [2.24, 2.45) is 0 Å². The first kappa shape index (κ1) is 106. The lowest BCUT2D eigenvalue weighted by atomic mass is 9.93. The van der Waals surface area contributed by atoms with Crippen LogP contribution in [0.2, 0.25) is 0 Å². The lowest BCUT2D eigenvalue weighted by Crippen LogP contribution is -2.71. The Morgan fingerprint density at radius 2 is 0.457 bits per heavy atom. The fourth-order valence-electron chi connectivity index (χ4n) is 16.6. The average molecular weight is 1890 g/mol. The largest absolute Gasteiger partial charge is 0.394 e. The van der Waals surface area contributed by atoms with E-state index in [-0.39, 0.29) is 0 Å². The third-order valence-corrected chi connectivity index (χ3v) is 23.3. The third-order valence-electron chi connectivity index (χ3n) is 23.3. The summed E-state index contributed by atoms with van der Waals surface area (Å²) in [5, 5.41) is 308. The summed E-state index contributed by atoms with van der Waals surface area (Å²) in [6.07, 6.45) is -94.9. The molecule has 10 rings (SSSR count). The van der Waals surface area contributed by atoms with E-state index in [1.807, 2.05) is 0 Å². The molecule has 10 aliphatic rings. The van der Waals surface area contributed by atoms with E-state index in [0.29, 0.717) is 0 Å². The van der Waals surface area contributed by atoms with Crippen molar-refractivity contribution in [3.63, 3.8) is 0 Å². The van der Waals surface area contributed by atoms with E-state index in [1.165, 1.54) is 0 Å². The first-order valence-corrected chi connectivity index (χ1v) is 41.1. The quantitative estimate of drug-likeness (QED) is 0.0284. The molecule has 0 aromatic heterocycles. The molecular formula is C72H120N6O51. The number of amides is 6. The van der Waals surface area contributed by atoms with E-state index in [4.69, 9.17) is 90.0 Å². The highest BCUT2D eigenvalue weighted by Gasteiger charge is 2.62. The Labute approximate surface area is 731 Å². The van der Waals surface area contributed by atoms with Crippen molar-refractivity contribution in [1.29, 1.82) is 0 Å². The van der Waals surface area contributed by atoms with Crippen LogP contribution in [-0.2, 0) is 119 Å². The van der Waals surface area contributed by atoms with Crippen molar-refractivity contribution < 1.29 is 252 Å². The molecule has 744 valence electrons. The van der Waals surface area contributed by atoms with Gasteiger partial charge < -0.3 is 255 Å². The highest BCUT2D eigenvalue weighted by Crippen LogP contribution is 2.41. The summed E-state index contributed by atoms with van der Waals surface area (Å²) in [5.74, 6) is -5.53. The smallest absolute Gasteiger partial charge is 0.217 e. The second-order valence-electron chi connectivity index (χ2n) is 32.5. The predicted molar refractivity (Wildman–Crippen MR) is 399 cm³/mol. The summed E-state index contributed by atoms with van der Waals surface area (Å²) in [5.41, 5.74) is 0. The molecule has 10 saturated heterocycles. The Kier molecular flexibility index (Phi) is 38.4. The summed E-state index contributed by atoms with van der Waals surface area (Å²) in [4.78, 5) is 76.9. The topological polar surface area (TPSA) is 876 Å².